The van der Waals surface area contributed by atoms with Gasteiger partial charge in [-0.25, -0.2) is 22.6 Å². The highest BCUT2D eigenvalue weighted by Gasteiger charge is 2.33. The number of fused-ring (bicyclic) bond motifs is 3. The van der Waals surface area contributed by atoms with Gasteiger partial charge in [-0.2, -0.15) is 5.10 Å². The minimum atomic E-state index is -4.09. The number of anilines is 2. The van der Waals surface area contributed by atoms with E-state index in [2.05, 4.69) is 21.2 Å². The average Bonchev–Trinajstić information content (AvgIpc) is 3.46. The monoisotopic (exact) mass is 459 g/mol. The molecule has 10 heteroatoms. The molecule has 0 fully saturated rings. The number of amides is 2. The van der Waals surface area contributed by atoms with Crippen LogP contribution in [0.25, 0.3) is 0 Å². The lowest BCUT2D eigenvalue weighted by molar-refractivity contribution is 0.139. The number of urea groups is 1. The van der Waals surface area contributed by atoms with Crippen LogP contribution in [-0.4, -0.2) is 51.5 Å². The summed E-state index contributed by atoms with van der Waals surface area (Å²) in [5, 5.41) is 7.15. The molecule has 2 amide bonds. The van der Waals surface area contributed by atoms with Crippen molar-refractivity contribution in [1.29, 1.82) is 0 Å². The van der Waals surface area contributed by atoms with Gasteiger partial charge >= 0.3 is 6.03 Å². The van der Waals surface area contributed by atoms with Crippen molar-refractivity contribution in [3.8, 4) is 0 Å². The summed E-state index contributed by atoms with van der Waals surface area (Å²) in [6, 6.07) is 1.55. The van der Waals surface area contributed by atoms with Crippen molar-refractivity contribution in [2.24, 2.45) is 5.92 Å². The van der Waals surface area contributed by atoms with Crippen LogP contribution in [0.2, 0.25) is 0 Å². The number of sulfonamides is 1. The number of benzene rings is 1. The molecule has 2 heterocycles. The van der Waals surface area contributed by atoms with Crippen LogP contribution in [-0.2, 0) is 47.0 Å². The molecular formula is C22H29N5O4S. The third kappa shape index (κ3) is 3.65. The van der Waals surface area contributed by atoms with Crippen molar-refractivity contribution in [3.63, 3.8) is 0 Å². The molecule has 2 N–H and O–H groups in total. The van der Waals surface area contributed by atoms with Crippen molar-refractivity contribution in [2.75, 3.05) is 37.5 Å². The predicted molar refractivity (Wildman–Crippen MR) is 121 cm³/mol. The molecule has 0 saturated heterocycles. The number of rotatable bonds is 5. The Morgan fingerprint density at radius 3 is 2.50 bits per heavy atom. The molecule has 0 radical (unpaired) electrons. The zero-order valence-corrected chi connectivity index (χ0v) is 19.3. The summed E-state index contributed by atoms with van der Waals surface area (Å²) in [4.78, 5) is 14.7. The smallest absolute Gasteiger partial charge is 0.333 e. The second-order valence-electron chi connectivity index (χ2n) is 9.01. The fourth-order valence-electron chi connectivity index (χ4n) is 5.47. The van der Waals surface area contributed by atoms with Crippen LogP contribution < -0.4 is 14.9 Å². The van der Waals surface area contributed by atoms with Gasteiger partial charge in [0.2, 0.25) is 0 Å². The summed E-state index contributed by atoms with van der Waals surface area (Å²) in [6.45, 7) is 1.78. The van der Waals surface area contributed by atoms with Crippen LogP contribution in [0, 0.1) is 5.92 Å². The van der Waals surface area contributed by atoms with Gasteiger partial charge < -0.3 is 15.0 Å². The van der Waals surface area contributed by atoms with Crippen LogP contribution in [0.5, 0.6) is 0 Å². The van der Waals surface area contributed by atoms with E-state index in [0.717, 1.165) is 55.3 Å². The SMILES string of the molecule is COCC1CN(C)c2c(S(=O)(=O)NC(=O)Nc3c4c(cc5c3CCC5)CCC4)cnn2C1. The topological polar surface area (TPSA) is 106 Å². The first kappa shape index (κ1) is 21.3. The highest BCUT2D eigenvalue weighted by Crippen LogP contribution is 2.38. The normalized spacial score (nSPS) is 19.4. The van der Waals surface area contributed by atoms with E-state index >= 15 is 0 Å². The van der Waals surface area contributed by atoms with Gasteiger partial charge in [0.15, 0.2) is 0 Å². The molecule has 3 aliphatic rings. The predicted octanol–water partition coefficient (Wildman–Crippen LogP) is 2.08. The number of nitrogens with one attached hydrogen (secondary N) is 2. The Balaban J connectivity index is 1.38. The van der Waals surface area contributed by atoms with Crippen LogP contribution in [0.15, 0.2) is 17.2 Å². The van der Waals surface area contributed by atoms with E-state index in [-0.39, 0.29) is 10.8 Å². The number of carbonyl (C=O) groups excluding carboxylic acids is 1. The van der Waals surface area contributed by atoms with E-state index in [1.165, 1.54) is 17.3 Å². The Kier molecular flexibility index (Phi) is 5.37. The molecule has 1 atom stereocenters. The molecule has 0 spiro atoms. The molecule has 9 nitrogen and oxygen atoms in total. The summed E-state index contributed by atoms with van der Waals surface area (Å²) >= 11 is 0. The zero-order chi connectivity index (χ0) is 22.5. The second-order valence-corrected chi connectivity index (χ2v) is 10.7. The van der Waals surface area contributed by atoms with Crippen molar-refractivity contribution in [2.45, 2.75) is 50.0 Å². The van der Waals surface area contributed by atoms with Gasteiger partial charge in [0.25, 0.3) is 10.0 Å². The fraction of sp³-hybridized carbons (Fsp3) is 0.545. The minimum absolute atomic E-state index is 0.00883. The molecule has 1 aliphatic heterocycles. The maximum atomic E-state index is 13.1. The maximum absolute atomic E-state index is 13.1. The number of methoxy groups -OCH3 is 1. The summed E-state index contributed by atoms with van der Waals surface area (Å²) in [5.41, 5.74) is 5.69. The van der Waals surface area contributed by atoms with Gasteiger partial charge in [-0.1, -0.05) is 6.07 Å². The Bertz CT molecular complexity index is 1140. The van der Waals surface area contributed by atoms with E-state index in [0.29, 0.717) is 25.5 Å². The van der Waals surface area contributed by atoms with E-state index in [9.17, 15) is 13.2 Å². The number of aryl methyl sites for hydroxylation is 2. The van der Waals surface area contributed by atoms with Crippen LogP contribution in [0.3, 0.4) is 0 Å². The lowest BCUT2D eigenvalue weighted by atomic mass is 9.99. The van der Waals surface area contributed by atoms with Gasteiger partial charge in [-0.05, 0) is 60.8 Å². The van der Waals surface area contributed by atoms with E-state index in [4.69, 9.17) is 4.74 Å². The maximum Gasteiger partial charge on any atom is 0.333 e. The molecule has 172 valence electrons. The highest BCUT2D eigenvalue weighted by molar-refractivity contribution is 7.90. The molecule has 2 aromatic rings. The lowest BCUT2D eigenvalue weighted by Gasteiger charge is -2.32. The first-order valence-electron chi connectivity index (χ1n) is 11.1. The van der Waals surface area contributed by atoms with Crippen LogP contribution in [0.4, 0.5) is 16.3 Å². The number of hydrogen-bond donors (Lipinski definition) is 2. The molecule has 5 rings (SSSR count). The molecule has 32 heavy (non-hydrogen) atoms. The molecule has 0 bridgehead atoms. The Labute approximate surface area is 188 Å². The van der Waals surface area contributed by atoms with Crippen molar-refractivity contribution < 1.29 is 17.9 Å². The highest BCUT2D eigenvalue weighted by atomic mass is 32.2. The summed E-state index contributed by atoms with van der Waals surface area (Å²) in [7, 11) is -0.615. The molecular weight excluding hydrogens is 430 g/mol. The van der Waals surface area contributed by atoms with Gasteiger partial charge in [0.05, 0.1) is 12.8 Å². The number of nitrogens with zero attached hydrogens (tertiary/aromatic N) is 3. The summed E-state index contributed by atoms with van der Waals surface area (Å²) in [6.07, 6.45) is 7.28. The van der Waals surface area contributed by atoms with Gasteiger partial charge in [-0.15, -0.1) is 0 Å². The lowest BCUT2D eigenvalue weighted by Crippen LogP contribution is -2.40. The number of aromatic nitrogens is 2. The quantitative estimate of drug-likeness (QED) is 0.709. The molecule has 1 unspecified atom stereocenters. The second kappa shape index (κ2) is 8.08. The van der Waals surface area contributed by atoms with E-state index < -0.39 is 16.1 Å². The van der Waals surface area contributed by atoms with Crippen LogP contribution >= 0.6 is 0 Å². The molecule has 0 saturated carbocycles. The minimum Gasteiger partial charge on any atom is -0.384 e. The van der Waals surface area contributed by atoms with Crippen molar-refractivity contribution in [3.05, 3.63) is 34.5 Å². The van der Waals surface area contributed by atoms with Crippen LogP contribution in [0.1, 0.15) is 35.1 Å². The van der Waals surface area contributed by atoms with Gasteiger partial charge in [0, 0.05) is 38.9 Å². The first-order valence-corrected chi connectivity index (χ1v) is 12.6. The Hall–Kier alpha value is -2.59. The largest absolute Gasteiger partial charge is 0.384 e. The standard InChI is InChI=1S/C22H29N5O4S/c1-26-11-14(13-31-2)12-27-21(26)19(10-23-27)32(29,30)25-22(28)24-20-17-7-3-5-15(17)9-16-6-4-8-18(16)20/h9-10,14H,3-8,11-13H2,1-2H3,(H2,24,25,28). The van der Waals surface area contributed by atoms with Gasteiger partial charge in [-0.3, -0.25) is 0 Å². The summed E-state index contributed by atoms with van der Waals surface area (Å²) in [5.74, 6) is 0.700. The summed E-state index contributed by atoms with van der Waals surface area (Å²) < 4.78 is 35.3. The fourth-order valence-corrected chi connectivity index (χ4v) is 6.56. The van der Waals surface area contributed by atoms with E-state index in [1.807, 2.05) is 11.9 Å². The average molecular weight is 460 g/mol. The molecule has 2 aliphatic carbocycles. The number of ether oxygens (including phenoxy) is 1. The number of hydrogen-bond acceptors (Lipinski definition) is 6. The Morgan fingerprint density at radius 1 is 1.16 bits per heavy atom. The van der Waals surface area contributed by atoms with E-state index in [1.54, 1.807) is 11.8 Å². The molecule has 1 aromatic carbocycles. The number of carbonyl (C=O) groups is 1. The Morgan fingerprint density at radius 2 is 1.84 bits per heavy atom. The zero-order valence-electron chi connectivity index (χ0n) is 18.5. The van der Waals surface area contributed by atoms with Crippen molar-refractivity contribution in [1.82, 2.24) is 14.5 Å². The van der Waals surface area contributed by atoms with Crippen molar-refractivity contribution >= 4 is 27.6 Å². The molecule has 1 aromatic heterocycles. The third-order valence-corrected chi connectivity index (χ3v) is 8.06. The van der Waals surface area contributed by atoms with Gasteiger partial charge in [0.1, 0.15) is 10.7 Å². The third-order valence-electron chi connectivity index (χ3n) is 6.73. The first-order chi connectivity index (χ1) is 15.4.